The van der Waals surface area contributed by atoms with Crippen molar-refractivity contribution in [2.45, 2.75) is 18.0 Å². The number of hydrogen-bond acceptors (Lipinski definition) is 3. The molecule has 0 bridgehead atoms. The van der Waals surface area contributed by atoms with Gasteiger partial charge in [-0.05, 0) is 37.3 Å². The lowest BCUT2D eigenvalue weighted by Gasteiger charge is -2.11. The van der Waals surface area contributed by atoms with Gasteiger partial charge >= 0.3 is 6.18 Å². The summed E-state index contributed by atoms with van der Waals surface area (Å²) in [7, 11) is -4.20. The van der Waals surface area contributed by atoms with Gasteiger partial charge in [0.25, 0.3) is 10.0 Å². The molecule has 8 heteroatoms. The molecule has 1 N–H and O–H groups in total. The number of carbonyl (C=O) groups excluding carboxylic acids is 1. The molecule has 0 fully saturated rings. The number of sulfonamides is 1. The Kier molecular flexibility index (Phi) is 4.46. The van der Waals surface area contributed by atoms with Crippen molar-refractivity contribution in [3.05, 3.63) is 59.7 Å². The fourth-order valence-corrected chi connectivity index (χ4v) is 2.95. The second-order valence-corrected chi connectivity index (χ2v) is 6.45. The SMILES string of the molecule is CC(=O)c1cccc(NS(=O)(=O)c2cccc(C(F)(F)F)c2)c1. The topological polar surface area (TPSA) is 63.2 Å². The average molecular weight is 343 g/mol. The van der Waals surface area contributed by atoms with Gasteiger partial charge in [-0.1, -0.05) is 18.2 Å². The first-order chi connectivity index (χ1) is 10.6. The van der Waals surface area contributed by atoms with Crippen LogP contribution in [0.1, 0.15) is 22.8 Å². The fraction of sp³-hybridized carbons (Fsp3) is 0.133. The molecule has 0 spiro atoms. The van der Waals surface area contributed by atoms with Crippen molar-refractivity contribution in [3.63, 3.8) is 0 Å². The smallest absolute Gasteiger partial charge is 0.295 e. The number of carbonyl (C=O) groups is 1. The minimum atomic E-state index is -4.64. The predicted molar refractivity (Wildman–Crippen MR) is 78.7 cm³/mol. The van der Waals surface area contributed by atoms with Crippen molar-refractivity contribution in [2.24, 2.45) is 0 Å². The number of hydrogen-bond donors (Lipinski definition) is 1. The van der Waals surface area contributed by atoms with E-state index in [1.165, 1.54) is 31.2 Å². The van der Waals surface area contributed by atoms with Gasteiger partial charge in [0.05, 0.1) is 10.5 Å². The summed E-state index contributed by atoms with van der Waals surface area (Å²) in [4.78, 5) is 10.8. The Balaban J connectivity index is 2.36. The number of rotatable bonds is 4. The molecule has 0 heterocycles. The van der Waals surface area contributed by atoms with Gasteiger partial charge in [-0.2, -0.15) is 13.2 Å². The molecule has 0 aliphatic rings. The minimum absolute atomic E-state index is 0.0927. The molecule has 23 heavy (non-hydrogen) atoms. The third kappa shape index (κ3) is 4.10. The second kappa shape index (κ2) is 6.04. The molecule has 0 aromatic heterocycles. The standard InChI is InChI=1S/C15H12F3NO3S/c1-10(20)11-4-2-6-13(8-11)19-23(21,22)14-7-3-5-12(9-14)15(16,17)18/h2-9,19H,1H3. The Labute approximate surface area is 131 Å². The summed E-state index contributed by atoms with van der Waals surface area (Å²) >= 11 is 0. The van der Waals surface area contributed by atoms with Gasteiger partial charge in [-0.3, -0.25) is 9.52 Å². The van der Waals surface area contributed by atoms with Crippen molar-refractivity contribution in [2.75, 3.05) is 4.72 Å². The molecule has 0 saturated heterocycles. The summed E-state index contributed by atoms with van der Waals surface area (Å²) < 4.78 is 64.6. The lowest BCUT2D eigenvalue weighted by molar-refractivity contribution is -0.137. The van der Waals surface area contributed by atoms with E-state index in [9.17, 15) is 26.4 Å². The number of nitrogens with one attached hydrogen (secondary N) is 1. The lowest BCUT2D eigenvalue weighted by Crippen LogP contribution is -2.15. The van der Waals surface area contributed by atoms with Crippen molar-refractivity contribution >= 4 is 21.5 Å². The van der Waals surface area contributed by atoms with Crippen LogP contribution in [0.15, 0.2) is 53.4 Å². The van der Waals surface area contributed by atoms with Crippen LogP contribution >= 0.6 is 0 Å². The number of ketones is 1. The van der Waals surface area contributed by atoms with E-state index in [1.54, 1.807) is 0 Å². The molecular weight excluding hydrogens is 331 g/mol. The molecule has 0 aliphatic carbocycles. The molecular formula is C15H12F3NO3S. The van der Waals surface area contributed by atoms with Gasteiger partial charge in [0.1, 0.15) is 0 Å². The second-order valence-electron chi connectivity index (χ2n) is 4.77. The summed E-state index contributed by atoms with van der Waals surface area (Å²) in [5, 5.41) is 0. The normalized spacial score (nSPS) is 12.0. The zero-order valence-electron chi connectivity index (χ0n) is 11.9. The van der Waals surface area contributed by atoms with Gasteiger partial charge in [-0.15, -0.1) is 0 Å². The van der Waals surface area contributed by atoms with Gasteiger partial charge in [0.15, 0.2) is 5.78 Å². The van der Waals surface area contributed by atoms with Crippen LogP contribution in [0.2, 0.25) is 0 Å². The van der Waals surface area contributed by atoms with Crippen LogP contribution in [0.5, 0.6) is 0 Å². The zero-order chi connectivity index (χ0) is 17.3. The number of alkyl halides is 3. The van der Waals surface area contributed by atoms with Crippen LogP contribution < -0.4 is 4.72 Å². The Hall–Kier alpha value is -2.35. The highest BCUT2D eigenvalue weighted by Gasteiger charge is 2.31. The number of anilines is 1. The maximum atomic E-state index is 12.7. The lowest BCUT2D eigenvalue weighted by atomic mass is 10.1. The minimum Gasteiger partial charge on any atom is -0.295 e. The van der Waals surface area contributed by atoms with Crippen molar-refractivity contribution in [1.29, 1.82) is 0 Å². The quantitative estimate of drug-likeness (QED) is 0.861. The van der Waals surface area contributed by atoms with E-state index >= 15 is 0 Å². The zero-order valence-corrected chi connectivity index (χ0v) is 12.7. The Morgan fingerprint density at radius 2 is 1.70 bits per heavy atom. The van der Waals surface area contributed by atoms with Gasteiger partial charge in [-0.25, -0.2) is 8.42 Å². The molecule has 122 valence electrons. The summed E-state index contributed by atoms with van der Waals surface area (Å²) in [6.45, 7) is 1.32. The number of benzene rings is 2. The van der Waals surface area contributed by atoms with Crippen LogP contribution in [0.3, 0.4) is 0 Å². The molecule has 4 nitrogen and oxygen atoms in total. The van der Waals surface area contributed by atoms with E-state index in [2.05, 4.69) is 4.72 Å². The first-order valence-electron chi connectivity index (χ1n) is 6.41. The van der Waals surface area contributed by atoms with Crippen LogP contribution in [-0.4, -0.2) is 14.2 Å². The van der Waals surface area contributed by atoms with Crippen molar-refractivity contribution in [3.8, 4) is 0 Å². The van der Waals surface area contributed by atoms with E-state index in [4.69, 9.17) is 0 Å². The van der Waals surface area contributed by atoms with Crippen LogP contribution in [-0.2, 0) is 16.2 Å². The molecule has 0 radical (unpaired) electrons. The maximum absolute atomic E-state index is 12.7. The Morgan fingerprint density at radius 3 is 2.30 bits per heavy atom. The van der Waals surface area contributed by atoms with Gasteiger partial charge in [0, 0.05) is 11.3 Å². The number of halogens is 3. The predicted octanol–water partition coefficient (Wildman–Crippen LogP) is 3.71. The summed E-state index contributed by atoms with van der Waals surface area (Å²) in [6.07, 6.45) is -4.64. The molecule has 0 unspecified atom stereocenters. The van der Waals surface area contributed by atoms with E-state index < -0.39 is 26.7 Å². The largest absolute Gasteiger partial charge is 0.416 e. The van der Waals surface area contributed by atoms with Crippen molar-refractivity contribution in [1.82, 2.24) is 0 Å². The summed E-state index contributed by atoms with van der Waals surface area (Å²) in [5.41, 5.74) is -0.679. The monoisotopic (exact) mass is 343 g/mol. The molecule has 0 atom stereocenters. The summed E-state index contributed by atoms with van der Waals surface area (Å²) in [5.74, 6) is -0.259. The molecule has 0 amide bonds. The Bertz CT molecular complexity index is 845. The van der Waals surface area contributed by atoms with Crippen LogP contribution in [0.4, 0.5) is 18.9 Å². The average Bonchev–Trinajstić information content (AvgIpc) is 2.46. The van der Waals surface area contributed by atoms with E-state index in [-0.39, 0.29) is 17.0 Å². The van der Waals surface area contributed by atoms with E-state index in [1.807, 2.05) is 0 Å². The molecule has 2 aromatic carbocycles. The highest BCUT2D eigenvalue weighted by atomic mass is 32.2. The molecule has 2 rings (SSSR count). The molecule has 0 saturated carbocycles. The first-order valence-corrected chi connectivity index (χ1v) is 7.89. The van der Waals surface area contributed by atoms with E-state index in [0.717, 1.165) is 18.2 Å². The highest BCUT2D eigenvalue weighted by molar-refractivity contribution is 7.92. The van der Waals surface area contributed by atoms with E-state index in [0.29, 0.717) is 6.07 Å². The molecule has 0 aliphatic heterocycles. The first kappa shape index (κ1) is 17.0. The summed E-state index contributed by atoms with van der Waals surface area (Å²) in [6, 6.07) is 9.11. The third-order valence-corrected chi connectivity index (χ3v) is 4.37. The Morgan fingerprint density at radius 1 is 1.04 bits per heavy atom. The molecule has 2 aromatic rings. The van der Waals surface area contributed by atoms with Gasteiger partial charge in [0.2, 0.25) is 0 Å². The fourth-order valence-electron chi connectivity index (χ4n) is 1.86. The third-order valence-electron chi connectivity index (χ3n) is 2.99. The maximum Gasteiger partial charge on any atom is 0.416 e. The number of Topliss-reactive ketones (excluding diaryl/α,β-unsaturated/α-hetero) is 1. The van der Waals surface area contributed by atoms with Gasteiger partial charge < -0.3 is 0 Å². The highest BCUT2D eigenvalue weighted by Crippen LogP contribution is 2.30. The van der Waals surface area contributed by atoms with Crippen molar-refractivity contribution < 1.29 is 26.4 Å². The van der Waals surface area contributed by atoms with Crippen LogP contribution in [0.25, 0.3) is 0 Å². The van der Waals surface area contributed by atoms with Crippen LogP contribution in [0, 0.1) is 0 Å².